The van der Waals surface area contributed by atoms with Crippen LogP contribution in [-0.2, 0) is 0 Å². The maximum atomic E-state index is 13.4. The van der Waals surface area contributed by atoms with Gasteiger partial charge in [0.05, 0.1) is 16.3 Å². The van der Waals surface area contributed by atoms with Crippen LogP contribution in [0.4, 0.5) is 18.9 Å². The van der Waals surface area contributed by atoms with Crippen LogP contribution in [0.5, 0.6) is 0 Å². The summed E-state index contributed by atoms with van der Waals surface area (Å²) in [5.74, 6) is -4.53. The molecule has 0 radical (unpaired) electrons. The van der Waals surface area contributed by atoms with Gasteiger partial charge in [0.2, 0.25) is 0 Å². The van der Waals surface area contributed by atoms with Crippen LogP contribution in [0.1, 0.15) is 10.4 Å². The topological polar surface area (TPSA) is 42.0 Å². The molecule has 0 fully saturated rings. The van der Waals surface area contributed by atoms with Crippen molar-refractivity contribution < 1.29 is 18.0 Å². The summed E-state index contributed by atoms with van der Waals surface area (Å²) in [6.07, 6.45) is 1.11. The van der Waals surface area contributed by atoms with E-state index in [-0.39, 0.29) is 15.7 Å². The van der Waals surface area contributed by atoms with Crippen molar-refractivity contribution in [1.29, 1.82) is 0 Å². The number of hydrogen-bond acceptors (Lipinski definition) is 2. The van der Waals surface area contributed by atoms with Crippen LogP contribution in [0.25, 0.3) is 0 Å². The normalized spacial score (nSPS) is 10.4. The summed E-state index contributed by atoms with van der Waals surface area (Å²) in [6, 6.07) is 2.08. The van der Waals surface area contributed by atoms with Gasteiger partial charge in [0.25, 0.3) is 5.91 Å². The fraction of sp³-hybridized carbons (Fsp3) is 0. The van der Waals surface area contributed by atoms with E-state index in [0.29, 0.717) is 12.1 Å². The number of nitrogens with zero attached hydrogens (tertiary/aromatic N) is 1. The third-order valence-electron chi connectivity index (χ3n) is 2.32. The fourth-order valence-electron chi connectivity index (χ4n) is 1.36. The van der Waals surface area contributed by atoms with Crippen LogP contribution >= 0.6 is 23.2 Å². The molecule has 0 aliphatic rings. The molecule has 20 heavy (non-hydrogen) atoms. The van der Waals surface area contributed by atoms with Crippen molar-refractivity contribution in [3.63, 3.8) is 0 Å². The van der Waals surface area contributed by atoms with Gasteiger partial charge in [0.15, 0.2) is 11.6 Å². The molecule has 1 aromatic heterocycles. The summed E-state index contributed by atoms with van der Waals surface area (Å²) in [5.41, 5.74) is -0.511. The highest BCUT2D eigenvalue weighted by molar-refractivity contribution is 6.41. The van der Waals surface area contributed by atoms with Crippen molar-refractivity contribution in [3.8, 4) is 0 Å². The van der Waals surface area contributed by atoms with Crippen LogP contribution in [0.3, 0.4) is 0 Å². The first kappa shape index (κ1) is 14.6. The summed E-state index contributed by atoms with van der Waals surface area (Å²) >= 11 is 11.3. The van der Waals surface area contributed by atoms with Crippen LogP contribution in [0, 0.1) is 17.5 Å². The van der Waals surface area contributed by atoms with Crippen molar-refractivity contribution >= 4 is 34.8 Å². The average Bonchev–Trinajstić information content (AvgIpc) is 2.39. The Labute approximate surface area is 121 Å². The molecule has 3 nitrogen and oxygen atoms in total. The molecule has 0 atom stereocenters. The quantitative estimate of drug-likeness (QED) is 0.669. The van der Waals surface area contributed by atoms with E-state index in [1.807, 2.05) is 0 Å². The molecule has 0 spiro atoms. The van der Waals surface area contributed by atoms with Gasteiger partial charge in [-0.2, -0.15) is 0 Å². The first-order valence-electron chi connectivity index (χ1n) is 5.15. The molecule has 2 aromatic rings. The molecule has 1 heterocycles. The number of nitrogens with one attached hydrogen (secondary N) is 1. The number of amides is 1. The highest BCUT2D eigenvalue weighted by Crippen LogP contribution is 2.22. The number of carbonyl (C=O) groups is 1. The Morgan fingerprint density at radius 2 is 1.70 bits per heavy atom. The molecule has 0 aliphatic heterocycles. The Morgan fingerprint density at radius 3 is 2.35 bits per heavy atom. The first-order valence-corrected chi connectivity index (χ1v) is 5.91. The lowest BCUT2D eigenvalue weighted by molar-refractivity contribution is 0.102. The van der Waals surface area contributed by atoms with Gasteiger partial charge in [-0.05, 0) is 6.07 Å². The lowest BCUT2D eigenvalue weighted by atomic mass is 10.2. The zero-order valence-corrected chi connectivity index (χ0v) is 11.1. The summed E-state index contributed by atoms with van der Waals surface area (Å²) in [6.45, 7) is 0. The van der Waals surface area contributed by atoms with E-state index >= 15 is 0 Å². The van der Waals surface area contributed by atoms with Crippen LogP contribution in [-0.4, -0.2) is 10.9 Å². The molecule has 0 unspecified atom stereocenters. The number of hydrogen-bond donors (Lipinski definition) is 1. The highest BCUT2D eigenvalue weighted by atomic mass is 35.5. The number of rotatable bonds is 2. The van der Waals surface area contributed by atoms with Crippen LogP contribution in [0.15, 0.2) is 24.4 Å². The smallest absolute Gasteiger partial charge is 0.257 e. The van der Waals surface area contributed by atoms with Crippen LogP contribution in [0.2, 0.25) is 10.2 Å². The van der Waals surface area contributed by atoms with E-state index in [4.69, 9.17) is 23.2 Å². The predicted molar refractivity (Wildman–Crippen MR) is 68.5 cm³/mol. The monoisotopic (exact) mass is 320 g/mol. The summed E-state index contributed by atoms with van der Waals surface area (Å²) < 4.78 is 39.1. The number of anilines is 1. The number of benzene rings is 1. The van der Waals surface area contributed by atoms with Crippen molar-refractivity contribution in [2.75, 3.05) is 5.32 Å². The van der Waals surface area contributed by atoms with Gasteiger partial charge < -0.3 is 5.32 Å². The molecule has 2 rings (SSSR count). The van der Waals surface area contributed by atoms with Gasteiger partial charge in [-0.15, -0.1) is 0 Å². The zero-order valence-electron chi connectivity index (χ0n) is 9.55. The number of halogens is 5. The highest BCUT2D eigenvalue weighted by Gasteiger charge is 2.14. The molecular weight excluding hydrogens is 316 g/mol. The van der Waals surface area contributed by atoms with Gasteiger partial charge in [-0.3, -0.25) is 4.79 Å². The first-order chi connectivity index (χ1) is 9.38. The number of aromatic nitrogens is 1. The molecular formula is C12H5Cl2F3N2O. The molecule has 0 aliphatic carbocycles. The summed E-state index contributed by atoms with van der Waals surface area (Å²) in [4.78, 5) is 15.4. The Kier molecular flexibility index (Phi) is 4.15. The predicted octanol–water partition coefficient (Wildman–Crippen LogP) is 4.06. The Bertz CT molecular complexity index is 695. The van der Waals surface area contributed by atoms with Gasteiger partial charge in [0, 0.05) is 18.3 Å². The fourth-order valence-corrected chi connectivity index (χ4v) is 1.63. The largest absolute Gasteiger partial charge is 0.319 e. The van der Waals surface area contributed by atoms with Crippen molar-refractivity contribution in [2.45, 2.75) is 0 Å². The number of carbonyl (C=O) groups excluding carboxylic acids is 1. The lowest BCUT2D eigenvalue weighted by Gasteiger charge is -2.07. The van der Waals surface area contributed by atoms with E-state index in [1.54, 1.807) is 0 Å². The van der Waals surface area contributed by atoms with E-state index in [0.717, 1.165) is 6.20 Å². The molecule has 8 heteroatoms. The second kappa shape index (κ2) is 5.68. The minimum absolute atomic E-state index is 0.00206. The molecule has 0 saturated carbocycles. The van der Waals surface area contributed by atoms with Crippen molar-refractivity contribution in [1.82, 2.24) is 4.98 Å². The molecule has 1 amide bonds. The Balaban J connectivity index is 2.27. The third kappa shape index (κ3) is 3.02. The average molecular weight is 321 g/mol. The molecule has 0 saturated heterocycles. The number of pyridine rings is 1. The molecule has 0 bridgehead atoms. The van der Waals surface area contributed by atoms with E-state index in [9.17, 15) is 18.0 Å². The molecule has 1 aromatic carbocycles. The Hall–Kier alpha value is -1.79. The third-order valence-corrected chi connectivity index (χ3v) is 3.00. The lowest BCUT2D eigenvalue weighted by Crippen LogP contribution is -2.14. The second-order valence-electron chi connectivity index (χ2n) is 3.70. The van der Waals surface area contributed by atoms with Crippen molar-refractivity contribution in [2.24, 2.45) is 0 Å². The summed E-state index contributed by atoms with van der Waals surface area (Å²) in [5, 5.41) is 2.11. The van der Waals surface area contributed by atoms with Gasteiger partial charge >= 0.3 is 0 Å². The van der Waals surface area contributed by atoms with E-state index in [2.05, 4.69) is 10.3 Å². The second-order valence-corrected chi connectivity index (χ2v) is 4.46. The zero-order chi connectivity index (χ0) is 14.9. The van der Waals surface area contributed by atoms with E-state index < -0.39 is 29.0 Å². The Morgan fingerprint density at radius 1 is 1.05 bits per heavy atom. The molecule has 1 N–H and O–H groups in total. The van der Waals surface area contributed by atoms with Gasteiger partial charge in [-0.25, -0.2) is 18.2 Å². The summed E-state index contributed by atoms with van der Waals surface area (Å²) in [7, 11) is 0. The minimum Gasteiger partial charge on any atom is -0.319 e. The SMILES string of the molecule is O=C(Nc1cc(F)c(F)cc1F)c1cnc(Cl)c(Cl)c1. The standard InChI is InChI=1S/C12H5Cl2F3N2O/c13-6-1-5(4-18-11(6)14)12(20)19-10-3-8(16)7(15)2-9(10)17/h1-4H,(H,19,20). The van der Waals surface area contributed by atoms with Gasteiger partial charge in [-0.1, -0.05) is 23.2 Å². The van der Waals surface area contributed by atoms with E-state index in [1.165, 1.54) is 6.07 Å². The van der Waals surface area contributed by atoms with Gasteiger partial charge in [0.1, 0.15) is 11.0 Å². The maximum Gasteiger partial charge on any atom is 0.257 e. The maximum absolute atomic E-state index is 13.4. The van der Waals surface area contributed by atoms with Crippen LogP contribution < -0.4 is 5.32 Å². The van der Waals surface area contributed by atoms with Crippen molar-refractivity contribution in [3.05, 3.63) is 57.6 Å². The molecule has 104 valence electrons. The minimum atomic E-state index is -1.35.